The molecule has 2 rings (SSSR count). The summed E-state index contributed by atoms with van der Waals surface area (Å²) in [7, 11) is 0. The van der Waals surface area contributed by atoms with E-state index >= 15 is 0 Å². The first-order valence-electron chi connectivity index (χ1n) is 7.07. The lowest BCUT2D eigenvalue weighted by atomic mass is 10.1. The van der Waals surface area contributed by atoms with E-state index in [1.54, 1.807) is 12.1 Å². The SMILES string of the molecule is O=C(O)C=Cc1cc(CN2CCCCCC2)ccc1F. The molecule has 0 amide bonds. The van der Waals surface area contributed by atoms with Gasteiger partial charge >= 0.3 is 5.97 Å². The van der Waals surface area contributed by atoms with Crippen molar-refractivity contribution in [1.82, 2.24) is 4.90 Å². The molecule has 0 bridgehead atoms. The number of rotatable bonds is 4. The molecule has 0 spiro atoms. The van der Waals surface area contributed by atoms with Crippen LogP contribution in [0, 0.1) is 5.82 Å². The number of benzene rings is 1. The highest BCUT2D eigenvalue weighted by molar-refractivity contribution is 5.85. The number of likely N-dealkylation sites (tertiary alicyclic amines) is 1. The third-order valence-electron chi connectivity index (χ3n) is 3.57. The van der Waals surface area contributed by atoms with E-state index in [0.717, 1.165) is 31.3 Å². The number of carbonyl (C=O) groups is 1. The lowest BCUT2D eigenvalue weighted by Gasteiger charge is -2.20. The highest BCUT2D eigenvalue weighted by atomic mass is 19.1. The van der Waals surface area contributed by atoms with Crippen LogP contribution in [0.5, 0.6) is 0 Å². The standard InChI is InChI=1S/C16H20FNO2/c17-15-7-5-13(11-14(15)6-8-16(19)20)12-18-9-3-1-2-4-10-18/h5-8,11H,1-4,9-10,12H2,(H,19,20). The minimum absolute atomic E-state index is 0.333. The van der Waals surface area contributed by atoms with E-state index < -0.39 is 5.97 Å². The van der Waals surface area contributed by atoms with Crippen molar-refractivity contribution in [3.05, 3.63) is 41.2 Å². The van der Waals surface area contributed by atoms with Crippen molar-refractivity contribution in [2.75, 3.05) is 13.1 Å². The van der Waals surface area contributed by atoms with Gasteiger partial charge in [-0.25, -0.2) is 9.18 Å². The third-order valence-corrected chi connectivity index (χ3v) is 3.57. The lowest BCUT2D eigenvalue weighted by molar-refractivity contribution is -0.131. The fourth-order valence-corrected chi connectivity index (χ4v) is 2.53. The summed E-state index contributed by atoms with van der Waals surface area (Å²) in [4.78, 5) is 12.9. The predicted molar refractivity (Wildman–Crippen MR) is 76.8 cm³/mol. The molecule has 1 heterocycles. The normalized spacial score (nSPS) is 17.2. The number of nitrogens with zero attached hydrogens (tertiary/aromatic N) is 1. The topological polar surface area (TPSA) is 40.5 Å². The second-order valence-corrected chi connectivity index (χ2v) is 5.22. The van der Waals surface area contributed by atoms with Crippen molar-refractivity contribution >= 4 is 12.0 Å². The van der Waals surface area contributed by atoms with Gasteiger partial charge in [0.05, 0.1) is 0 Å². The minimum Gasteiger partial charge on any atom is -0.478 e. The molecule has 0 radical (unpaired) electrons. The van der Waals surface area contributed by atoms with Gasteiger partial charge in [-0.05, 0) is 49.7 Å². The summed E-state index contributed by atoms with van der Waals surface area (Å²) in [6, 6.07) is 4.92. The van der Waals surface area contributed by atoms with Gasteiger partial charge in [0.2, 0.25) is 0 Å². The van der Waals surface area contributed by atoms with Gasteiger partial charge in [-0.1, -0.05) is 18.9 Å². The summed E-state index contributed by atoms with van der Waals surface area (Å²) in [6.07, 6.45) is 7.27. The van der Waals surface area contributed by atoms with Gasteiger partial charge in [-0.2, -0.15) is 0 Å². The third kappa shape index (κ3) is 4.46. The van der Waals surface area contributed by atoms with Crippen LogP contribution < -0.4 is 0 Å². The molecule has 1 saturated heterocycles. The number of carboxylic acid groups (broad SMARTS) is 1. The molecule has 1 N–H and O–H groups in total. The first kappa shape index (κ1) is 14.7. The van der Waals surface area contributed by atoms with Gasteiger partial charge in [0.1, 0.15) is 5.82 Å². The molecule has 1 aromatic carbocycles. The maximum atomic E-state index is 13.6. The number of carboxylic acids is 1. The smallest absolute Gasteiger partial charge is 0.328 e. The molecule has 0 aromatic heterocycles. The van der Waals surface area contributed by atoms with Gasteiger partial charge in [0, 0.05) is 18.2 Å². The van der Waals surface area contributed by atoms with E-state index in [2.05, 4.69) is 4.90 Å². The first-order valence-corrected chi connectivity index (χ1v) is 7.07. The number of hydrogen-bond donors (Lipinski definition) is 1. The van der Waals surface area contributed by atoms with Crippen LogP contribution in [0.1, 0.15) is 36.8 Å². The zero-order chi connectivity index (χ0) is 14.4. The zero-order valence-electron chi connectivity index (χ0n) is 11.5. The Morgan fingerprint density at radius 3 is 2.60 bits per heavy atom. The molecule has 0 aliphatic carbocycles. The molecule has 1 aliphatic rings. The summed E-state index contributed by atoms with van der Waals surface area (Å²) in [5.74, 6) is -1.45. The largest absolute Gasteiger partial charge is 0.478 e. The molecule has 0 atom stereocenters. The molecule has 1 fully saturated rings. The van der Waals surface area contributed by atoms with E-state index in [1.807, 2.05) is 0 Å². The maximum Gasteiger partial charge on any atom is 0.328 e. The van der Waals surface area contributed by atoms with Gasteiger partial charge in [-0.15, -0.1) is 0 Å². The summed E-state index contributed by atoms with van der Waals surface area (Å²) in [5, 5.41) is 8.61. The van der Waals surface area contributed by atoms with Crippen LogP contribution in [0.15, 0.2) is 24.3 Å². The van der Waals surface area contributed by atoms with Crippen molar-refractivity contribution in [2.45, 2.75) is 32.2 Å². The van der Waals surface area contributed by atoms with Crippen molar-refractivity contribution in [3.63, 3.8) is 0 Å². The van der Waals surface area contributed by atoms with E-state index in [4.69, 9.17) is 5.11 Å². The molecule has 1 aliphatic heterocycles. The Bertz CT molecular complexity index is 491. The lowest BCUT2D eigenvalue weighted by Crippen LogP contribution is -2.24. The molecule has 3 nitrogen and oxygen atoms in total. The Balaban J connectivity index is 2.08. The van der Waals surface area contributed by atoms with E-state index in [9.17, 15) is 9.18 Å². The van der Waals surface area contributed by atoms with Gasteiger partial charge in [0.25, 0.3) is 0 Å². The predicted octanol–water partition coefficient (Wildman–Crippen LogP) is 3.30. The van der Waals surface area contributed by atoms with Crippen LogP contribution in [0.3, 0.4) is 0 Å². The highest BCUT2D eigenvalue weighted by Gasteiger charge is 2.10. The maximum absolute atomic E-state index is 13.6. The van der Waals surface area contributed by atoms with E-state index in [0.29, 0.717) is 5.56 Å². The van der Waals surface area contributed by atoms with Crippen LogP contribution in [0.2, 0.25) is 0 Å². The minimum atomic E-state index is -1.07. The molecule has 20 heavy (non-hydrogen) atoms. The van der Waals surface area contributed by atoms with Crippen LogP contribution in [-0.2, 0) is 11.3 Å². The summed E-state index contributed by atoms with van der Waals surface area (Å²) in [6.45, 7) is 2.96. The second-order valence-electron chi connectivity index (χ2n) is 5.22. The summed E-state index contributed by atoms with van der Waals surface area (Å²) in [5.41, 5.74) is 1.36. The molecule has 0 saturated carbocycles. The summed E-state index contributed by atoms with van der Waals surface area (Å²) >= 11 is 0. The van der Waals surface area contributed by atoms with Gasteiger partial charge in [0.15, 0.2) is 0 Å². The Morgan fingerprint density at radius 1 is 1.25 bits per heavy atom. The van der Waals surface area contributed by atoms with Crippen LogP contribution in [0.4, 0.5) is 4.39 Å². The summed E-state index contributed by atoms with van der Waals surface area (Å²) < 4.78 is 13.6. The Kier molecular flexibility index (Phi) is 5.30. The van der Waals surface area contributed by atoms with Crippen molar-refractivity contribution in [2.24, 2.45) is 0 Å². The first-order chi connectivity index (χ1) is 9.65. The fraction of sp³-hybridized carbons (Fsp3) is 0.438. The number of hydrogen-bond acceptors (Lipinski definition) is 2. The van der Waals surface area contributed by atoms with Crippen LogP contribution >= 0.6 is 0 Å². The molecule has 1 aromatic rings. The average Bonchev–Trinajstić information content (AvgIpc) is 2.68. The quantitative estimate of drug-likeness (QED) is 0.858. The molecule has 108 valence electrons. The second kappa shape index (κ2) is 7.20. The number of aliphatic carboxylic acids is 1. The van der Waals surface area contributed by atoms with E-state index in [1.165, 1.54) is 37.8 Å². The van der Waals surface area contributed by atoms with Crippen molar-refractivity contribution < 1.29 is 14.3 Å². The molecule has 0 unspecified atom stereocenters. The van der Waals surface area contributed by atoms with Crippen molar-refractivity contribution in [1.29, 1.82) is 0 Å². The monoisotopic (exact) mass is 277 g/mol. The Labute approximate surface area is 118 Å². The molecule has 4 heteroatoms. The van der Waals surface area contributed by atoms with Crippen molar-refractivity contribution in [3.8, 4) is 0 Å². The Morgan fingerprint density at radius 2 is 1.95 bits per heavy atom. The fourth-order valence-electron chi connectivity index (χ4n) is 2.53. The van der Waals surface area contributed by atoms with Crippen LogP contribution in [0.25, 0.3) is 6.08 Å². The number of halogens is 1. The highest BCUT2D eigenvalue weighted by Crippen LogP contribution is 2.17. The average molecular weight is 277 g/mol. The van der Waals surface area contributed by atoms with Crippen LogP contribution in [-0.4, -0.2) is 29.1 Å². The molecular formula is C16H20FNO2. The zero-order valence-corrected chi connectivity index (χ0v) is 11.5. The van der Waals surface area contributed by atoms with Gasteiger partial charge < -0.3 is 5.11 Å². The molecular weight excluding hydrogens is 257 g/mol. The Hall–Kier alpha value is -1.68. The van der Waals surface area contributed by atoms with Gasteiger partial charge in [-0.3, -0.25) is 4.90 Å². The van der Waals surface area contributed by atoms with E-state index in [-0.39, 0.29) is 5.82 Å².